The van der Waals surface area contributed by atoms with Gasteiger partial charge in [-0.3, -0.25) is 0 Å². The van der Waals surface area contributed by atoms with Gasteiger partial charge in [-0.2, -0.15) is 0 Å². The first-order valence-corrected chi connectivity index (χ1v) is 11.8. The summed E-state index contributed by atoms with van der Waals surface area (Å²) < 4.78 is 29.8. The fourth-order valence-corrected chi connectivity index (χ4v) is 6.29. The molecule has 4 saturated heterocycles. The second kappa shape index (κ2) is 7.72. The summed E-state index contributed by atoms with van der Waals surface area (Å²) in [5, 5.41) is 0. The van der Waals surface area contributed by atoms with Crippen LogP contribution in [-0.4, -0.2) is 80.5 Å². The molecule has 7 heteroatoms. The van der Waals surface area contributed by atoms with Crippen molar-refractivity contribution in [2.45, 2.75) is 82.4 Å². The van der Waals surface area contributed by atoms with Gasteiger partial charge in [-0.15, -0.1) is 0 Å². The quantitative estimate of drug-likeness (QED) is 0.487. The largest absolute Gasteiger partial charge is 0.443 e. The third-order valence-corrected chi connectivity index (χ3v) is 8.35. The predicted octanol–water partition coefficient (Wildman–Crippen LogP) is 3.31. The van der Waals surface area contributed by atoms with Crippen LogP contribution in [0.3, 0.4) is 0 Å². The van der Waals surface area contributed by atoms with Gasteiger partial charge in [0, 0.05) is 38.8 Å². The van der Waals surface area contributed by atoms with E-state index in [1.165, 1.54) is 5.57 Å². The van der Waals surface area contributed by atoms with E-state index >= 15 is 0 Å². The monoisotopic (exact) mass is 435 g/mol. The Morgan fingerprint density at radius 3 is 2.52 bits per heavy atom. The van der Waals surface area contributed by atoms with Gasteiger partial charge < -0.3 is 28.6 Å². The van der Waals surface area contributed by atoms with E-state index < -0.39 is 0 Å². The lowest BCUT2D eigenvalue weighted by molar-refractivity contribution is -0.132. The van der Waals surface area contributed by atoms with Crippen LogP contribution in [0.15, 0.2) is 11.6 Å². The number of carbonyl (C=O) groups excluding carboxylic acids is 1. The van der Waals surface area contributed by atoms with Crippen LogP contribution in [0.4, 0.5) is 4.79 Å². The number of nitrogens with zero attached hydrogens (tertiary/aromatic N) is 1. The molecule has 4 aliphatic heterocycles. The summed E-state index contributed by atoms with van der Waals surface area (Å²) in [7, 11) is 1.72. The van der Waals surface area contributed by atoms with Crippen molar-refractivity contribution in [3.63, 3.8) is 0 Å². The molecule has 31 heavy (non-hydrogen) atoms. The maximum atomic E-state index is 12.9. The molecule has 7 nitrogen and oxygen atoms in total. The molecule has 1 amide bonds. The van der Waals surface area contributed by atoms with Crippen LogP contribution in [-0.2, 0) is 23.7 Å². The molecule has 0 N–H and O–H groups in total. The molecule has 0 radical (unpaired) electrons. The van der Waals surface area contributed by atoms with Crippen molar-refractivity contribution in [1.82, 2.24) is 4.90 Å². The Labute approximate surface area is 185 Å². The van der Waals surface area contributed by atoms with E-state index in [4.69, 9.17) is 23.7 Å². The zero-order chi connectivity index (χ0) is 21.9. The summed E-state index contributed by atoms with van der Waals surface area (Å²) in [6.07, 6.45) is 6.29. The molecule has 6 atom stereocenters. The van der Waals surface area contributed by atoms with E-state index in [9.17, 15) is 4.79 Å². The van der Waals surface area contributed by atoms with Crippen molar-refractivity contribution < 1.29 is 28.5 Å². The smallest absolute Gasteiger partial charge is 0.410 e. The average Bonchev–Trinajstić information content (AvgIpc) is 3.64. The second-order valence-corrected chi connectivity index (χ2v) is 10.8. The lowest BCUT2D eigenvalue weighted by atomic mass is 9.68. The first kappa shape index (κ1) is 21.7. The number of allylic oxidation sites excluding steroid dienone is 1. The molecule has 5 aliphatic rings. The third-order valence-electron chi connectivity index (χ3n) is 8.35. The molecular weight excluding hydrogens is 398 g/mol. The van der Waals surface area contributed by atoms with E-state index in [1.807, 2.05) is 4.90 Å². The first-order chi connectivity index (χ1) is 14.8. The third kappa shape index (κ3) is 3.81. The molecule has 2 spiro atoms. The topological polar surface area (TPSA) is 73.1 Å². The number of rotatable bonds is 5. The highest BCUT2D eigenvalue weighted by Crippen LogP contribution is 2.59. The Morgan fingerprint density at radius 1 is 1.19 bits per heavy atom. The summed E-state index contributed by atoms with van der Waals surface area (Å²) in [5.74, 6) is 0.0605. The Hall–Kier alpha value is -1.15. The van der Waals surface area contributed by atoms with E-state index in [0.717, 1.165) is 65.0 Å². The minimum atomic E-state index is -0.308. The molecule has 0 bridgehead atoms. The summed E-state index contributed by atoms with van der Waals surface area (Å²) in [4.78, 5) is 14.8. The normalized spacial score (nSPS) is 42.8. The summed E-state index contributed by atoms with van der Waals surface area (Å²) >= 11 is 0. The standard InChI is InChI=1S/C24H37NO6/c1-16(2)5-6-18-22(3,31-18)20-19(27-4)17(7-8-24(20)15-29-24)30-21(26)25-13-23(14-25)9-11-28-12-10-23/h5,17-20H,6-15H2,1-4H3/t17-,18-,19-,20-,22+,24+/m1/s1. The Bertz CT molecular complexity index is 730. The molecule has 0 unspecified atom stereocenters. The van der Waals surface area contributed by atoms with Crippen molar-refractivity contribution in [3.8, 4) is 0 Å². The van der Waals surface area contributed by atoms with Crippen LogP contribution in [0.2, 0.25) is 0 Å². The Balaban J connectivity index is 1.24. The van der Waals surface area contributed by atoms with Crippen LogP contribution in [0, 0.1) is 11.3 Å². The molecule has 0 aromatic heterocycles. The molecule has 0 aromatic carbocycles. The molecule has 5 rings (SSSR count). The molecule has 1 saturated carbocycles. The number of amides is 1. The lowest BCUT2D eigenvalue weighted by Gasteiger charge is -2.52. The van der Waals surface area contributed by atoms with Crippen LogP contribution in [0.25, 0.3) is 0 Å². The molecular formula is C24H37NO6. The number of hydrogen-bond donors (Lipinski definition) is 0. The number of hydrogen-bond acceptors (Lipinski definition) is 6. The van der Waals surface area contributed by atoms with Crippen LogP contribution in [0.5, 0.6) is 0 Å². The van der Waals surface area contributed by atoms with Crippen molar-refractivity contribution in [2.75, 3.05) is 40.0 Å². The highest BCUT2D eigenvalue weighted by Gasteiger charge is 2.72. The maximum absolute atomic E-state index is 12.9. The molecule has 0 aromatic rings. The van der Waals surface area contributed by atoms with Gasteiger partial charge in [0.15, 0.2) is 0 Å². The van der Waals surface area contributed by atoms with Gasteiger partial charge in [0.05, 0.1) is 18.6 Å². The van der Waals surface area contributed by atoms with E-state index in [0.29, 0.717) is 0 Å². The zero-order valence-corrected chi connectivity index (χ0v) is 19.4. The zero-order valence-electron chi connectivity index (χ0n) is 19.4. The molecule has 1 aliphatic carbocycles. The van der Waals surface area contributed by atoms with Gasteiger partial charge in [0.2, 0.25) is 0 Å². The van der Waals surface area contributed by atoms with Gasteiger partial charge in [0.1, 0.15) is 23.4 Å². The van der Waals surface area contributed by atoms with E-state index in [2.05, 4.69) is 26.8 Å². The lowest BCUT2D eigenvalue weighted by Crippen LogP contribution is -2.62. The first-order valence-electron chi connectivity index (χ1n) is 11.8. The van der Waals surface area contributed by atoms with Gasteiger partial charge in [-0.1, -0.05) is 11.6 Å². The van der Waals surface area contributed by atoms with Gasteiger partial charge in [0.25, 0.3) is 0 Å². The minimum absolute atomic E-state index is 0.0605. The van der Waals surface area contributed by atoms with Crippen molar-refractivity contribution in [2.24, 2.45) is 11.3 Å². The molecule has 174 valence electrons. The van der Waals surface area contributed by atoms with Crippen LogP contribution < -0.4 is 0 Å². The average molecular weight is 436 g/mol. The van der Waals surface area contributed by atoms with Gasteiger partial charge >= 0.3 is 6.09 Å². The number of likely N-dealkylation sites (tertiary alicyclic amines) is 1. The van der Waals surface area contributed by atoms with Crippen molar-refractivity contribution in [3.05, 3.63) is 11.6 Å². The van der Waals surface area contributed by atoms with Gasteiger partial charge in [-0.25, -0.2) is 4.79 Å². The summed E-state index contributed by atoms with van der Waals surface area (Å²) in [6.45, 7) is 10.3. The fraction of sp³-hybridized carbons (Fsp3) is 0.875. The van der Waals surface area contributed by atoms with E-state index in [1.54, 1.807) is 7.11 Å². The minimum Gasteiger partial charge on any atom is -0.443 e. The van der Waals surface area contributed by atoms with Gasteiger partial charge in [-0.05, 0) is 52.9 Å². The number of methoxy groups -OCH3 is 1. The summed E-state index contributed by atoms with van der Waals surface area (Å²) in [6, 6.07) is 0. The molecule has 5 fully saturated rings. The Morgan fingerprint density at radius 2 is 1.90 bits per heavy atom. The SMILES string of the molecule is CO[C@@H]1[C@H](OC(=O)N2CC3(CCOCC3)C2)CC[C@]2(CO2)[C@H]1[C@@]1(C)O[C@@H]1CC=C(C)C. The Kier molecular flexibility index (Phi) is 5.40. The van der Waals surface area contributed by atoms with Crippen LogP contribution >= 0.6 is 0 Å². The fourth-order valence-electron chi connectivity index (χ4n) is 6.29. The van der Waals surface area contributed by atoms with Crippen molar-refractivity contribution >= 4 is 6.09 Å². The highest BCUT2D eigenvalue weighted by molar-refractivity contribution is 5.69. The summed E-state index contributed by atoms with van der Waals surface area (Å²) in [5.41, 5.74) is 1.04. The highest BCUT2D eigenvalue weighted by atomic mass is 16.6. The molecule has 4 heterocycles. The van der Waals surface area contributed by atoms with Crippen LogP contribution in [0.1, 0.15) is 52.9 Å². The van der Waals surface area contributed by atoms with E-state index in [-0.39, 0.29) is 46.9 Å². The second-order valence-electron chi connectivity index (χ2n) is 10.8. The number of ether oxygens (including phenoxy) is 5. The number of carbonyl (C=O) groups is 1. The predicted molar refractivity (Wildman–Crippen MR) is 114 cm³/mol. The van der Waals surface area contributed by atoms with Crippen molar-refractivity contribution in [1.29, 1.82) is 0 Å². The number of epoxide rings is 2. The maximum Gasteiger partial charge on any atom is 0.410 e.